The fourth-order valence-electron chi connectivity index (χ4n) is 1.56. The van der Waals surface area contributed by atoms with Crippen molar-refractivity contribution in [1.29, 1.82) is 0 Å². The molecule has 1 unspecified atom stereocenters. The minimum absolute atomic E-state index is 0.355. The van der Waals surface area contributed by atoms with E-state index in [1.807, 2.05) is 19.2 Å². The van der Waals surface area contributed by atoms with Crippen LogP contribution in [0.2, 0.25) is 0 Å². The molecule has 0 saturated heterocycles. The SMILES string of the molecule is CNC(C)c1sc(-c2ccncc2)nc1C. The summed E-state index contributed by atoms with van der Waals surface area (Å²) >= 11 is 1.74. The fraction of sp³-hybridized carbons (Fsp3) is 0.333. The molecule has 0 aliphatic rings. The number of aromatic nitrogens is 2. The number of aryl methyl sites for hydroxylation is 1. The molecule has 2 aromatic rings. The first-order valence-corrected chi connectivity index (χ1v) is 6.09. The second kappa shape index (κ2) is 4.72. The maximum atomic E-state index is 4.60. The smallest absolute Gasteiger partial charge is 0.124 e. The molecule has 0 aromatic carbocycles. The van der Waals surface area contributed by atoms with Gasteiger partial charge in [-0.15, -0.1) is 11.3 Å². The molecule has 0 aliphatic carbocycles. The van der Waals surface area contributed by atoms with Crippen LogP contribution in [0.1, 0.15) is 23.5 Å². The maximum absolute atomic E-state index is 4.60. The molecule has 0 saturated carbocycles. The van der Waals surface area contributed by atoms with Crippen LogP contribution < -0.4 is 5.32 Å². The zero-order valence-electron chi connectivity index (χ0n) is 9.69. The van der Waals surface area contributed by atoms with Gasteiger partial charge in [-0.1, -0.05) is 0 Å². The third-order valence-corrected chi connectivity index (χ3v) is 3.98. The van der Waals surface area contributed by atoms with E-state index in [1.165, 1.54) is 4.88 Å². The van der Waals surface area contributed by atoms with E-state index in [0.29, 0.717) is 6.04 Å². The lowest BCUT2D eigenvalue weighted by Crippen LogP contribution is -2.11. The number of nitrogens with one attached hydrogen (secondary N) is 1. The van der Waals surface area contributed by atoms with Crippen LogP contribution in [0.15, 0.2) is 24.5 Å². The highest BCUT2D eigenvalue weighted by molar-refractivity contribution is 7.15. The topological polar surface area (TPSA) is 37.8 Å². The largest absolute Gasteiger partial charge is 0.312 e. The molecule has 0 fully saturated rings. The lowest BCUT2D eigenvalue weighted by molar-refractivity contribution is 0.658. The number of hydrogen-bond acceptors (Lipinski definition) is 4. The van der Waals surface area contributed by atoms with E-state index in [4.69, 9.17) is 0 Å². The van der Waals surface area contributed by atoms with Crippen LogP contribution in [0.25, 0.3) is 10.6 Å². The second-order valence-corrected chi connectivity index (χ2v) is 4.75. The number of rotatable bonds is 3. The van der Waals surface area contributed by atoms with Crippen molar-refractivity contribution in [2.45, 2.75) is 19.9 Å². The average Bonchev–Trinajstić information content (AvgIpc) is 2.71. The van der Waals surface area contributed by atoms with E-state index >= 15 is 0 Å². The second-order valence-electron chi connectivity index (χ2n) is 3.71. The Kier molecular flexibility index (Phi) is 3.31. The highest BCUT2D eigenvalue weighted by atomic mass is 32.1. The molecule has 1 N–H and O–H groups in total. The Hall–Kier alpha value is -1.26. The van der Waals surface area contributed by atoms with Crippen LogP contribution >= 0.6 is 11.3 Å². The summed E-state index contributed by atoms with van der Waals surface area (Å²) < 4.78 is 0. The Bertz CT molecular complexity index is 464. The van der Waals surface area contributed by atoms with E-state index in [9.17, 15) is 0 Å². The van der Waals surface area contributed by atoms with E-state index in [1.54, 1.807) is 23.7 Å². The van der Waals surface area contributed by atoms with Gasteiger partial charge in [-0.25, -0.2) is 4.98 Å². The first-order valence-electron chi connectivity index (χ1n) is 5.27. The summed E-state index contributed by atoms with van der Waals surface area (Å²) in [5.41, 5.74) is 2.25. The van der Waals surface area contributed by atoms with Gasteiger partial charge in [0.25, 0.3) is 0 Å². The molecule has 4 heteroatoms. The molecule has 3 nitrogen and oxygen atoms in total. The summed E-state index contributed by atoms with van der Waals surface area (Å²) in [6.45, 7) is 4.21. The highest BCUT2D eigenvalue weighted by Gasteiger charge is 2.13. The van der Waals surface area contributed by atoms with Crippen molar-refractivity contribution in [3.05, 3.63) is 35.1 Å². The predicted molar refractivity (Wildman–Crippen MR) is 67.6 cm³/mol. The molecule has 16 heavy (non-hydrogen) atoms. The zero-order valence-corrected chi connectivity index (χ0v) is 10.5. The van der Waals surface area contributed by atoms with Crippen LogP contribution in [0.4, 0.5) is 0 Å². The van der Waals surface area contributed by atoms with Crippen LogP contribution in [-0.2, 0) is 0 Å². The third kappa shape index (κ3) is 2.13. The Labute approximate surface area is 99.6 Å². The monoisotopic (exact) mass is 233 g/mol. The van der Waals surface area contributed by atoms with Gasteiger partial charge < -0.3 is 5.32 Å². The molecular formula is C12H15N3S. The number of nitrogens with zero attached hydrogens (tertiary/aromatic N) is 2. The summed E-state index contributed by atoms with van der Waals surface area (Å²) in [6.07, 6.45) is 3.60. The molecule has 0 amide bonds. The molecule has 0 bridgehead atoms. The average molecular weight is 233 g/mol. The molecule has 2 aromatic heterocycles. The van der Waals surface area contributed by atoms with E-state index in [0.717, 1.165) is 16.3 Å². The number of pyridine rings is 1. The van der Waals surface area contributed by atoms with Gasteiger partial charge in [0.15, 0.2) is 0 Å². The van der Waals surface area contributed by atoms with Crippen molar-refractivity contribution >= 4 is 11.3 Å². The van der Waals surface area contributed by atoms with Crippen molar-refractivity contribution in [3.63, 3.8) is 0 Å². The quantitative estimate of drug-likeness (QED) is 0.885. The number of thiazole rings is 1. The zero-order chi connectivity index (χ0) is 11.5. The van der Waals surface area contributed by atoms with Gasteiger partial charge in [0.2, 0.25) is 0 Å². The number of hydrogen-bond donors (Lipinski definition) is 1. The van der Waals surface area contributed by atoms with Crippen molar-refractivity contribution in [1.82, 2.24) is 15.3 Å². The molecule has 84 valence electrons. The Morgan fingerprint density at radius 1 is 1.31 bits per heavy atom. The van der Waals surface area contributed by atoms with Crippen LogP contribution in [0.3, 0.4) is 0 Å². The van der Waals surface area contributed by atoms with Gasteiger partial charge in [0.05, 0.1) is 5.69 Å². The lowest BCUT2D eigenvalue weighted by Gasteiger charge is -2.06. The van der Waals surface area contributed by atoms with E-state index in [-0.39, 0.29) is 0 Å². The predicted octanol–water partition coefficient (Wildman–Crippen LogP) is 2.79. The summed E-state index contributed by atoms with van der Waals surface area (Å²) in [5.74, 6) is 0. The van der Waals surface area contributed by atoms with Gasteiger partial charge in [-0.05, 0) is 33.0 Å². The third-order valence-electron chi connectivity index (χ3n) is 2.59. The van der Waals surface area contributed by atoms with Gasteiger partial charge in [0.1, 0.15) is 5.01 Å². The first-order chi connectivity index (χ1) is 7.72. The fourth-order valence-corrected chi connectivity index (χ4v) is 2.69. The van der Waals surface area contributed by atoms with Crippen molar-refractivity contribution < 1.29 is 0 Å². The molecule has 2 rings (SSSR count). The summed E-state index contributed by atoms with van der Waals surface area (Å²) in [7, 11) is 1.97. The van der Waals surface area contributed by atoms with Crippen LogP contribution in [0.5, 0.6) is 0 Å². The van der Waals surface area contributed by atoms with Gasteiger partial charge >= 0.3 is 0 Å². The molecule has 2 heterocycles. The van der Waals surface area contributed by atoms with Crippen LogP contribution in [-0.4, -0.2) is 17.0 Å². The van der Waals surface area contributed by atoms with Crippen molar-refractivity contribution in [2.24, 2.45) is 0 Å². The molecule has 0 spiro atoms. The molecule has 0 aliphatic heterocycles. The molecule has 1 atom stereocenters. The summed E-state index contributed by atoms with van der Waals surface area (Å²) in [5, 5.41) is 4.31. The van der Waals surface area contributed by atoms with Gasteiger partial charge in [-0.3, -0.25) is 4.98 Å². The van der Waals surface area contributed by atoms with Crippen molar-refractivity contribution in [3.8, 4) is 10.6 Å². The van der Waals surface area contributed by atoms with Crippen LogP contribution in [0, 0.1) is 6.92 Å². The van der Waals surface area contributed by atoms with E-state index in [2.05, 4.69) is 29.1 Å². The lowest BCUT2D eigenvalue weighted by atomic mass is 10.2. The normalized spacial score (nSPS) is 12.7. The Balaban J connectivity index is 2.38. The van der Waals surface area contributed by atoms with Gasteiger partial charge in [-0.2, -0.15) is 0 Å². The minimum Gasteiger partial charge on any atom is -0.312 e. The van der Waals surface area contributed by atoms with E-state index < -0.39 is 0 Å². The Morgan fingerprint density at radius 2 is 2.00 bits per heavy atom. The summed E-state index contributed by atoms with van der Waals surface area (Å²) in [4.78, 5) is 9.92. The molecular weight excluding hydrogens is 218 g/mol. The Morgan fingerprint density at radius 3 is 2.62 bits per heavy atom. The standard InChI is InChI=1S/C12H15N3S/c1-8(13-3)11-9(2)15-12(16-11)10-4-6-14-7-5-10/h4-8,13H,1-3H3. The minimum atomic E-state index is 0.355. The van der Waals surface area contributed by atoms with Crippen molar-refractivity contribution in [2.75, 3.05) is 7.05 Å². The summed E-state index contributed by atoms with van der Waals surface area (Å²) in [6, 6.07) is 4.34. The highest BCUT2D eigenvalue weighted by Crippen LogP contribution is 2.31. The molecule has 0 radical (unpaired) electrons. The first kappa shape index (κ1) is 11.2. The van der Waals surface area contributed by atoms with Gasteiger partial charge in [0, 0.05) is 28.9 Å². The maximum Gasteiger partial charge on any atom is 0.124 e.